The van der Waals surface area contributed by atoms with Crippen molar-refractivity contribution in [1.82, 2.24) is 0 Å². The third kappa shape index (κ3) is 2.19. The predicted octanol–water partition coefficient (Wildman–Crippen LogP) is 4.44. The molecule has 0 radical (unpaired) electrons. The zero-order chi connectivity index (χ0) is 11.0. The fourth-order valence-corrected chi connectivity index (χ4v) is 4.64. The Morgan fingerprint density at radius 1 is 1.19 bits per heavy atom. The Kier molecular flexibility index (Phi) is 3.05. The number of rotatable bonds is 4. The van der Waals surface area contributed by atoms with E-state index in [0.29, 0.717) is 5.41 Å². The van der Waals surface area contributed by atoms with Gasteiger partial charge in [0.1, 0.15) is 0 Å². The van der Waals surface area contributed by atoms with Crippen molar-refractivity contribution in [2.24, 2.45) is 5.41 Å². The van der Waals surface area contributed by atoms with Gasteiger partial charge in [-0.3, -0.25) is 0 Å². The highest BCUT2D eigenvalue weighted by Crippen LogP contribution is 2.50. The maximum atomic E-state index is 3.64. The highest BCUT2D eigenvalue weighted by Gasteiger charge is 2.41. The molecule has 2 heteroatoms. The van der Waals surface area contributed by atoms with Crippen LogP contribution in [0.4, 0.5) is 0 Å². The molecule has 1 aromatic rings. The number of thioether (sulfide) groups is 1. The number of aryl methyl sites for hydroxylation is 2. The summed E-state index contributed by atoms with van der Waals surface area (Å²) in [4.78, 5) is 1.48. The van der Waals surface area contributed by atoms with E-state index >= 15 is 0 Å². The lowest BCUT2D eigenvalue weighted by Crippen LogP contribution is -2.04. The van der Waals surface area contributed by atoms with Gasteiger partial charge in [0.25, 0.3) is 0 Å². The summed E-state index contributed by atoms with van der Waals surface area (Å²) in [5, 5.41) is 1.18. The molecule has 0 heterocycles. The quantitative estimate of drug-likeness (QED) is 0.585. The van der Waals surface area contributed by atoms with Crippen LogP contribution in [0.25, 0.3) is 0 Å². The first-order valence-electron chi connectivity index (χ1n) is 6.12. The molecule has 0 saturated heterocycles. The zero-order valence-electron chi connectivity index (χ0n) is 9.47. The second-order valence-corrected chi connectivity index (χ2v) is 6.82. The summed E-state index contributed by atoms with van der Waals surface area (Å²) in [5.41, 5.74) is 3.82. The maximum absolute atomic E-state index is 3.64. The molecule has 1 saturated carbocycles. The largest absolute Gasteiger partial charge is 0.126 e. The third-order valence-corrected chi connectivity index (χ3v) is 6.39. The van der Waals surface area contributed by atoms with Crippen LogP contribution >= 0.6 is 27.7 Å². The smallest absolute Gasteiger partial charge is 0.00959 e. The Morgan fingerprint density at radius 3 is 2.75 bits per heavy atom. The molecule has 0 spiro atoms. The van der Waals surface area contributed by atoms with Gasteiger partial charge in [-0.15, -0.1) is 11.8 Å². The Balaban J connectivity index is 1.66. The molecular formula is C14H17BrS. The van der Waals surface area contributed by atoms with Gasteiger partial charge in [0.05, 0.1) is 0 Å². The fraction of sp³-hybridized carbons (Fsp3) is 0.571. The molecule has 1 aromatic carbocycles. The van der Waals surface area contributed by atoms with Gasteiger partial charge in [0, 0.05) is 16.0 Å². The second kappa shape index (κ2) is 4.38. The predicted molar refractivity (Wildman–Crippen MR) is 74.7 cm³/mol. The molecular weight excluding hydrogens is 280 g/mol. The number of alkyl halides is 1. The summed E-state index contributed by atoms with van der Waals surface area (Å²) in [6.45, 7) is 0. The maximum Gasteiger partial charge on any atom is 0.00959 e. The molecule has 3 rings (SSSR count). The summed E-state index contributed by atoms with van der Waals surface area (Å²) in [6, 6.07) is 7.09. The standard InChI is InChI=1S/C14H17BrS/c15-9-14(6-7-14)10-16-13-5-4-11-2-1-3-12(11)8-13/h4-5,8H,1-3,6-7,9-10H2. The Hall–Kier alpha value is 0.0500. The average molecular weight is 297 g/mol. The van der Waals surface area contributed by atoms with Gasteiger partial charge >= 0.3 is 0 Å². The van der Waals surface area contributed by atoms with E-state index in [0.717, 1.165) is 0 Å². The first-order chi connectivity index (χ1) is 7.81. The molecule has 0 unspecified atom stereocenters. The van der Waals surface area contributed by atoms with E-state index < -0.39 is 0 Å². The van der Waals surface area contributed by atoms with Crippen molar-refractivity contribution >= 4 is 27.7 Å². The van der Waals surface area contributed by atoms with Crippen LogP contribution in [0.1, 0.15) is 30.4 Å². The average Bonchev–Trinajstić information content (AvgIpc) is 2.96. The normalized spacial score (nSPS) is 20.8. The van der Waals surface area contributed by atoms with Crippen molar-refractivity contribution in [3.05, 3.63) is 29.3 Å². The summed E-state index contributed by atoms with van der Waals surface area (Å²) in [5.74, 6) is 1.29. The van der Waals surface area contributed by atoms with E-state index in [2.05, 4.69) is 45.9 Å². The van der Waals surface area contributed by atoms with Crippen molar-refractivity contribution in [3.63, 3.8) is 0 Å². The molecule has 1 fully saturated rings. The van der Waals surface area contributed by atoms with Gasteiger partial charge in [-0.05, 0) is 60.8 Å². The van der Waals surface area contributed by atoms with E-state index in [9.17, 15) is 0 Å². The zero-order valence-corrected chi connectivity index (χ0v) is 11.9. The number of hydrogen-bond donors (Lipinski definition) is 0. The number of fused-ring (bicyclic) bond motifs is 1. The first kappa shape index (κ1) is 11.2. The third-order valence-electron chi connectivity index (χ3n) is 3.86. The van der Waals surface area contributed by atoms with Gasteiger partial charge in [0.2, 0.25) is 0 Å². The molecule has 2 aliphatic rings. The minimum Gasteiger partial charge on any atom is -0.126 e. The van der Waals surface area contributed by atoms with Crippen LogP contribution in [0.5, 0.6) is 0 Å². The van der Waals surface area contributed by atoms with Gasteiger partial charge in [0.15, 0.2) is 0 Å². The van der Waals surface area contributed by atoms with Crippen LogP contribution in [-0.4, -0.2) is 11.1 Å². The van der Waals surface area contributed by atoms with Crippen molar-refractivity contribution in [2.75, 3.05) is 11.1 Å². The SMILES string of the molecule is BrCC1(CSc2ccc3c(c2)CCC3)CC1. The van der Waals surface area contributed by atoms with E-state index in [1.165, 1.54) is 48.1 Å². The molecule has 0 bridgehead atoms. The van der Waals surface area contributed by atoms with Crippen molar-refractivity contribution in [2.45, 2.75) is 37.0 Å². The molecule has 0 amide bonds. The summed E-state index contributed by atoms with van der Waals surface area (Å²) in [7, 11) is 0. The van der Waals surface area contributed by atoms with Crippen molar-refractivity contribution in [1.29, 1.82) is 0 Å². The molecule has 0 aromatic heterocycles. The Bertz CT molecular complexity index is 396. The molecule has 0 nitrogen and oxygen atoms in total. The Morgan fingerprint density at radius 2 is 2.00 bits per heavy atom. The van der Waals surface area contributed by atoms with E-state index in [1.54, 1.807) is 11.1 Å². The van der Waals surface area contributed by atoms with Crippen LogP contribution in [-0.2, 0) is 12.8 Å². The number of benzene rings is 1. The van der Waals surface area contributed by atoms with Crippen LogP contribution in [0, 0.1) is 5.41 Å². The summed E-state index contributed by atoms with van der Waals surface area (Å²) < 4.78 is 0. The minimum absolute atomic E-state index is 0.629. The molecule has 0 aliphatic heterocycles. The van der Waals surface area contributed by atoms with Crippen molar-refractivity contribution in [3.8, 4) is 0 Å². The lowest BCUT2D eigenvalue weighted by Gasteiger charge is -2.11. The number of halogens is 1. The van der Waals surface area contributed by atoms with Crippen LogP contribution in [0.3, 0.4) is 0 Å². The van der Waals surface area contributed by atoms with Crippen LogP contribution in [0.2, 0.25) is 0 Å². The highest BCUT2D eigenvalue weighted by atomic mass is 79.9. The summed E-state index contributed by atoms with van der Waals surface area (Å²) >= 11 is 5.69. The van der Waals surface area contributed by atoms with Gasteiger partial charge in [-0.25, -0.2) is 0 Å². The first-order valence-corrected chi connectivity index (χ1v) is 8.23. The van der Waals surface area contributed by atoms with Crippen molar-refractivity contribution < 1.29 is 0 Å². The lowest BCUT2D eigenvalue weighted by molar-refractivity contribution is 0.686. The van der Waals surface area contributed by atoms with Gasteiger partial charge in [-0.1, -0.05) is 22.0 Å². The monoisotopic (exact) mass is 296 g/mol. The highest BCUT2D eigenvalue weighted by molar-refractivity contribution is 9.09. The molecule has 2 aliphatic carbocycles. The lowest BCUT2D eigenvalue weighted by atomic mass is 10.1. The molecule has 86 valence electrons. The van der Waals surface area contributed by atoms with Crippen LogP contribution < -0.4 is 0 Å². The summed E-state index contributed by atoms with van der Waals surface area (Å²) in [6.07, 6.45) is 6.78. The van der Waals surface area contributed by atoms with Gasteiger partial charge in [-0.2, -0.15) is 0 Å². The van der Waals surface area contributed by atoms with E-state index in [-0.39, 0.29) is 0 Å². The second-order valence-electron chi connectivity index (χ2n) is 5.21. The van der Waals surface area contributed by atoms with E-state index in [4.69, 9.17) is 0 Å². The molecule has 16 heavy (non-hydrogen) atoms. The van der Waals surface area contributed by atoms with Gasteiger partial charge < -0.3 is 0 Å². The minimum atomic E-state index is 0.629. The topological polar surface area (TPSA) is 0 Å². The van der Waals surface area contributed by atoms with Crippen LogP contribution in [0.15, 0.2) is 23.1 Å². The molecule has 0 N–H and O–H groups in total. The molecule has 0 atom stereocenters. The van der Waals surface area contributed by atoms with E-state index in [1.807, 2.05) is 0 Å². The Labute approximate surface area is 110 Å². The number of hydrogen-bond acceptors (Lipinski definition) is 1. The fourth-order valence-electron chi connectivity index (χ4n) is 2.37.